The SMILES string of the molecule is CC(C)C(N)C(=O)Oc1ccccc1COC(N)=O. The summed E-state index contributed by atoms with van der Waals surface area (Å²) >= 11 is 0. The van der Waals surface area contributed by atoms with Gasteiger partial charge in [-0.25, -0.2) is 9.59 Å². The summed E-state index contributed by atoms with van der Waals surface area (Å²) in [6, 6.07) is 6.01. The summed E-state index contributed by atoms with van der Waals surface area (Å²) < 4.78 is 9.88. The third-order valence-electron chi connectivity index (χ3n) is 2.54. The molecule has 0 aliphatic rings. The van der Waals surface area contributed by atoms with Crippen molar-refractivity contribution >= 4 is 12.1 Å². The summed E-state index contributed by atoms with van der Waals surface area (Å²) in [5.74, 6) is -0.243. The van der Waals surface area contributed by atoms with Crippen LogP contribution < -0.4 is 16.2 Å². The monoisotopic (exact) mass is 266 g/mol. The van der Waals surface area contributed by atoms with Crippen LogP contribution in [0.3, 0.4) is 0 Å². The number of rotatable bonds is 5. The lowest BCUT2D eigenvalue weighted by Crippen LogP contribution is -2.38. The number of carbonyl (C=O) groups excluding carboxylic acids is 2. The predicted molar refractivity (Wildman–Crippen MR) is 69.3 cm³/mol. The van der Waals surface area contributed by atoms with Gasteiger partial charge in [-0.1, -0.05) is 32.0 Å². The number of ether oxygens (including phenoxy) is 2. The Balaban J connectivity index is 2.77. The molecular weight excluding hydrogens is 248 g/mol. The molecule has 0 aliphatic carbocycles. The molecule has 0 heterocycles. The van der Waals surface area contributed by atoms with Crippen LogP contribution >= 0.6 is 0 Å². The lowest BCUT2D eigenvalue weighted by Gasteiger charge is -2.15. The molecule has 1 atom stereocenters. The summed E-state index contributed by atoms with van der Waals surface area (Å²) in [6.45, 7) is 3.60. The van der Waals surface area contributed by atoms with Gasteiger partial charge < -0.3 is 20.9 Å². The molecule has 1 amide bonds. The van der Waals surface area contributed by atoms with Crippen LogP contribution in [0, 0.1) is 5.92 Å². The Morgan fingerprint density at radius 3 is 2.47 bits per heavy atom. The van der Waals surface area contributed by atoms with Crippen LogP contribution in [0.1, 0.15) is 19.4 Å². The first kappa shape index (κ1) is 15.0. The van der Waals surface area contributed by atoms with Crippen molar-refractivity contribution in [2.45, 2.75) is 26.5 Å². The van der Waals surface area contributed by atoms with Crippen molar-refractivity contribution in [3.63, 3.8) is 0 Å². The average molecular weight is 266 g/mol. The van der Waals surface area contributed by atoms with Crippen LogP contribution in [0.25, 0.3) is 0 Å². The van der Waals surface area contributed by atoms with E-state index < -0.39 is 18.1 Å². The largest absolute Gasteiger partial charge is 0.445 e. The molecule has 0 saturated carbocycles. The molecule has 6 heteroatoms. The molecular formula is C13H18N2O4. The lowest BCUT2D eigenvalue weighted by atomic mass is 10.1. The first-order chi connectivity index (χ1) is 8.91. The fourth-order valence-corrected chi connectivity index (χ4v) is 1.32. The van der Waals surface area contributed by atoms with Gasteiger partial charge in [0, 0.05) is 5.56 Å². The van der Waals surface area contributed by atoms with Crippen LogP contribution in [-0.4, -0.2) is 18.1 Å². The van der Waals surface area contributed by atoms with Crippen LogP contribution in [0.2, 0.25) is 0 Å². The number of nitrogens with two attached hydrogens (primary N) is 2. The van der Waals surface area contributed by atoms with Crippen molar-refractivity contribution in [2.24, 2.45) is 17.4 Å². The molecule has 6 nitrogen and oxygen atoms in total. The highest BCUT2D eigenvalue weighted by Gasteiger charge is 2.20. The molecule has 1 unspecified atom stereocenters. The normalized spacial score (nSPS) is 12.0. The number of hydrogen-bond donors (Lipinski definition) is 2. The third-order valence-corrected chi connectivity index (χ3v) is 2.54. The van der Waals surface area contributed by atoms with E-state index in [-0.39, 0.29) is 12.5 Å². The molecule has 0 fully saturated rings. The molecule has 1 aromatic carbocycles. The van der Waals surface area contributed by atoms with Crippen LogP contribution in [0.4, 0.5) is 4.79 Å². The van der Waals surface area contributed by atoms with Crippen molar-refractivity contribution in [2.75, 3.05) is 0 Å². The van der Waals surface area contributed by atoms with Crippen LogP contribution in [-0.2, 0) is 16.1 Å². The van der Waals surface area contributed by atoms with Crippen molar-refractivity contribution in [3.05, 3.63) is 29.8 Å². The summed E-state index contributed by atoms with van der Waals surface area (Å²) in [5.41, 5.74) is 11.1. The zero-order valence-corrected chi connectivity index (χ0v) is 11.0. The molecule has 0 aromatic heterocycles. The minimum atomic E-state index is -0.889. The van der Waals surface area contributed by atoms with E-state index in [1.54, 1.807) is 24.3 Å². The Labute approximate surface area is 111 Å². The van der Waals surface area contributed by atoms with Gasteiger partial charge in [-0.2, -0.15) is 0 Å². The van der Waals surface area contributed by atoms with Crippen LogP contribution in [0.5, 0.6) is 5.75 Å². The Bertz CT molecular complexity index is 460. The van der Waals surface area contributed by atoms with E-state index in [9.17, 15) is 9.59 Å². The van der Waals surface area contributed by atoms with E-state index in [1.165, 1.54) is 0 Å². The zero-order valence-electron chi connectivity index (χ0n) is 11.0. The number of primary amides is 1. The maximum absolute atomic E-state index is 11.8. The molecule has 104 valence electrons. The fraction of sp³-hybridized carbons (Fsp3) is 0.385. The molecule has 1 rings (SSSR count). The first-order valence-electron chi connectivity index (χ1n) is 5.89. The average Bonchev–Trinajstić information content (AvgIpc) is 2.36. The minimum absolute atomic E-state index is 0.0264. The molecule has 19 heavy (non-hydrogen) atoms. The van der Waals surface area contributed by atoms with Gasteiger partial charge >= 0.3 is 12.1 Å². The summed E-state index contributed by atoms with van der Waals surface area (Å²) in [4.78, 5) is 22.3. The number of para-hydroxylation sites is 1. The minimum Gasteiger partial charge on any atom is -0.445 e. The van der Waals surface area contributed by atoms with Crippen LogP contribution in [0.15, 0.2) is 24.3 Å². The van der Waals surface area contributed by atoms with Gasteiger partial charge in [-0.15, -0.1) is 0 Å². The van der Waals surface area contributed by atoms with Crippen molar-refractivity contribution in [3.8, 4) is 5.75 Å². The fourth-order valence-electron chi connectivity index (χ4n) is 1.32. The number of carbonyl (C=O) groups is 2. The van der Waals surface area contributed by atoms with Gasteiger partial charge in [-0.05, 0) is 12.0 Å². The van der Waals surface area contributed by atoms with E-state index in [4.69, 9.17) is 16.2 Å². The zero-order chi connectivity index (χ0) is 14.4. The summed E-state index contributed by atoms with van der Waals surface area (Å²) in [7, 11) is 0. The number of benzene rings is 1. The van der Waals surface area contributed by atoms with E-state index in [0.717, 1.165) is 0 Å². The lowest BCUT2D eigenvalue weighted by molar-refractivity contribution is -0.136. The van der Waals surface area contributed by atoms with Gasteiger partial charge in [0.05, 0.1) is 0 Å². The highest BCUT2D eigenvalue weighted by Crippen LogP contribution is 2.20. The maximum atomic E-state index is 11.8. The number of amides is 1. The quantitative estimate of drug-likeness (QED) is 0.615. The second-order valence-corrected chi connectivity index (χ2v) is 4.41. The standard InChI is InChI=1S/C13H18N2O4/c1-8(2)11(14)12(16)19-10-6-4-3-5-9(10)7-18-13(15)17/h3-6,8,11H,7,14H2,1-2H3,(H2,15,17). The topological polar surface area (TPSA) is 105 Å². The Kier molecular flexibility index (Phi) is 5.32. The first-order valence-corrected chi connectivity index (χ1v) is 5.89. The predicted octanol–water partition coefficient (Wildman–Crippen LogP) is 1.17. The number of esters is 1. The van der Waals surface area contributed by atoms with Gasteiger partial charge in [0.25, 0.3) is 0 Å². The smallest absolute Gasteiger partial charge is 0.404 e. The Morgan fingerprint density at radius 2 is 1.89 bits per heavy atom. The Morgan fingerprint density at radius 1 is 1.26 bits per heavy atom. The van der Waals surface area contributed by atoms with Gasteiger partial charge in [0.15, 0.2) is 0 Å². The summed E-state index contributed by atoms with van der Waals surface area (Å²) in [5, 5.41) is 0. The highest BCUT2D eigenvalue weighted by atomic mass is 16.6. The maximum Gasteiger partial charge on any atom is 0.404 e. The van der Waals surface area contributed by atoms with Crippen molar-refractivity contribution in [1.29, 1.82) is 0 Å². The second-order valence-electron chi connectivity index (χ2n) is 4.41. The molecule has 0 spiro atoms. The van der Waals surface area contributed by atoms with E-state index >= 15 is 0 Å². The molecule has 0 saturated heterocycles. The molecule has 0 aliphatic heterocycles. The van der Waals surface area contributed by atoms with E-state index in [2.05, 4.69) is 4.74 Å². The summed E-state index contributed by atoms with van der Waals surface area (Å²) in [6.07, 6.45) is -0.889. The van der Waals surface area contributed by atoms with Gasteiger partial charge in [0.2, 0.25) is 0 Å². The van der Waals surface area contributed by atoms with Crippen molar-refractivity contribution < 1.29 is 19.1 Å². The molecule has 4 N–H and O–H groups in total. The van der Waals surface area contributed by atoms with Gasteiger partial charge in [0.1, 0.15) is 18.4 Å². The van der Waals surface area contributed by atoms with Crippen molar-refractivity contribution in [1.82, 2.24) is 0 Å². The van der Waals surface area contributed by atoms with E-state index in [0.29, 0.717) is 11.3 Å². The molecule has 0 radical (unpaired) electrons. The second kappa shape index (κ2) is 6.75. The molecule has 0 bridgehead atoms. The highest BCUT2D eigenvalue weighted by molar-refractivity contribution is 5.78. The number of hydrogen-bond acceptors (Lipinski definition) is 5. The Hall–Kier alpha value is -2.08. The molecule has 1 aromatic rings. The van der Waals surface area contributed by atoms with E-state index in [1.807, 2.05) is 13.8 Å². The van der Waals surface area contributed by atoms with Gasteiger partial charge in [-0.3, -0.25) is 0 Å². The third kappa shape index (κ3) is 4.59.